The van der Waals surface area contributed by atoms with E-state index in [1.807, 2.05) is 12.1 Å². The first-order valence-corrected chi connectivity index (χ1v) is 10.3. The molecule has 0 aliphatic heterocycles. The van der Waals surface area contributed by atoms with Crippen molar-refractivity contribution in [2.75, 3.05) is 11.1 Å². The summed E-state index contributed by atoms with van der Waals surface area (Å²) in [5, 5.41) is 5.39. The Labute approximate surface area is 163 Å². The second-order valence-corrected chi connectivity index (χ2v) is 8.19. The van der Waals surface area contributed by atoms with Crippen LogP contribution in [0.1, 0.15) is 11.3 Å². The summed E-state index contributed by atoms with van der Waals surface area (Å²) in [5.74, 6) is -0.0254. The molecule has 2 amide bonds. The summed E-state index contributed by atoms with van der Waals surface area (Å²) >= 11 is 0. The molecule has 0 saturated carbocycles. The number of rotatable bonds is 7. The van der Waals surface area contributed by atoms with Crippen molar-refractivity contribution in [2.45, 2.75) is 17.9 Å². The number of aryl methyl sites for hydroxylation is 1. The molecule has 0 spiro atoms. The Kier molecular flexibility index (Phi) is 6.33. The number of urea groups is 1. The predicted molar refractivity (Wildman–Crippen MR) is 107 cm³/mol. The fourth-order valence-electron chi connectivity index (χ4n) is 2.51. The first-order chi connectivity index (χ1) is 13.5. The van der Waals surface area contributed by atoms with E-state index >= 15 is 0 Å². The summed E-state index contributed by atoms with van der Waals surface area (Å²) < 4.78 is 24.9. The zero-order valence-corrected chi connectivity index (χ0v) is 15.9. The maximum Gasteiger partial charge on any atom is 0.319 e. The number of anilines is 1. The van der Waals surface area contributed by atoms with Crippen LogP contribution in [0.3, 0.4) is 0 Å². The summed E-state index contributed by atoms with van der Waals surface area (Å²) in [6.45, 7) is 0.347. The largest absolute Gasteiger partial charge is 0.334 e. The molecule has 0 aliphatic rings. The van der Waals surface area contributed by atoms with E-state index in [4.69, 9.17) is 0 Å². The minimum atomic E-state index is -3.43. The third-order valence-corrected chi connectivity index (χ3v) is 5.73. The Morgan fingerprint density at radius 1 is 0.964 bits per heavy atom. The Balaban J connectivity index is 1.54. The molecule has 1 aromatic carbocycles. The third kappa shape index (κ3) is 5.62. The summed E-state index contributed by atoms with van der Waals surface area (Å²) in [6.07, 6.45) is 5.32. The van der Waals surface area contributed by atoms with Crippen molar-refractivity contribution < 1.29 is 13.2 Å². The van der Waals surface area contributed by atoms with Crippen LogP contribution in [0, 0.1) is 0 Å². The molecule has 8 heteroatoms. The highest BCUT2D eigenvalue weighted by Crippen LogP contribution is 2.16. The lowest BCUT2D eigenvalue weighted by molar-refractivity contribution is 0.251. The molecule has 0 atom stereocenters. The van der Waals surface area contributed by atoms with E-state index < -0.39 is 9.84 Å². The summed E-state index contributed by atoms with van der Waals surface area (Å²) in [4.78, 5) is 20.3. The number of sulfone groups is 1. The van der Waals surface area contributed by atoms with Crippen LogP contribution in [0.2, 0.25) is 0 Å². The van der Waals surface area contributed by atoms with Crippen molar-refractivity contribution in [1.29, 1.82) is 0 Å². The molecule has 0 aliphatic carbocycles. The molecule has 2 N–H and O–H groups in total. The lowest BCUT2D eigenvalue weighted by Gasteiger charge is -2.09. The smallest absolute Gasteiger partial charge is 0.319 e. The second-order valence-electron chi connectivity index (χ2n) is 6.08. The van der Waals surface area contributed by atoms with E-state index in [1.54, 1.807) is 48.9 Å². The maximum absolute atomic E-state index is 12.5. The molecule has 0 radical (unpaired) electrons. The molecule has 3 rings (SSSR count). The lowest BCUT2D eigenvalue weighted by atomic mass is 10.3. The van der Waals surface area contributed by atoms with Crippen LogP contribution in [0.5, 0.6) is 0 Å². The Bertz CT molecular complexity index is 1010. The SMILES string of the molecule is O=C(NCc1cccnc1)Nc1ccc(S(=O)(=O)CCc2ccccn2)cc1. The molecule has 0 unspecified atom stereocenters. The predicted octanol–water partition coefficient (Wildman–Crippen LogP) is 2.81. The normalized spacial score (nSPS) is 11.0. The van der Waals surface area contributed by atoms with E-state index in [0.717, 1.165) is 11.3 Å². The fraction of sp³-hybridized carbons (Fsp3) is 0.150. The number of benzene rings is 1. The van der Waals surface area contributed by atoms with Crippen molar-refractivity contribution >= 4 is 21.6 Å². The molecular weight excluding hydrogens is 376 g/mol. The first kappa shape index (κ1) is 19.5. The molecule has 0 fully saturated rings. The van der Waals surface area contributed by atoms with E-state index in [-0.39, 0.29) is 16.7 Å². The number of carbonyl (C=O) groups is 1. The van der Waals surface area contributed by atoms with Crippen molar-refractivity contribution in [1.82, 2.24) is 15.3 Å². The van der Waals surface area contributed by atoms with Crippen LogP contribution < -0.4 is 10.6 Å². The topological polar surface area (TPSA) is 101 Å². The van der Waals surface area contributed by atoms with Gasteiger partial charge in [0.15, 0.2) is 9.84 Å². The molecule has 144 valence electrons. The molecule has 7 nitrogen and oxygen atoms in total. The number of amides is 2. The molecule has 2 aromatic heterocycles. The molecular formula is C20H20N4O3S. The maximum atomic E-state index is 12.5. The van der Waals surface area contributed by atoms with Gasteiger partial charge in [-0.3, -0.25) is 9.97 Å². The molecule has 28 heavy (non-hydrogen) atoms. The number of carbonyl (C=O) groups excluding carboxylic acids is 1. The van der Waals surface area contributed by atoms with Gasteiger partial charge in [0, 0.05) is 42.9 Å². The van der Waals surface area contributed by atoms with E-state index in [2.05, 4.69) is 20.6 Å². The standard InChI is InChI=1S/C20H20N4O3S/c25-20(23-15-16-4-3-11-21-14-16)24-18-6-8-19(9-7-18)28(26,27)13-10-17-5-1-2-12-22-17/h1-9,11-12,14H,10,13,15H2,(H2,23,24,25). The number of nitrogens with one attached hydrogen (secondary N) is 2. The number of pyridine rings is 2. The quantitative estimate of drug-likeness (QED) is 0.639. The van der Waals surface area contributed by atoms with Crippen molar-refractivity contribution in [3.05, 3.63) is 84.4 Å². The average molecular weight is 396 g/mol. The number of aromatic nitrogens is 2. The Hall–Kier alpha value is -3.26. The minimum absolute atomic E-state index is 0.0254. The Morgan fingerprint density at radius 2 is 1.79 bits per heavy atom. The van der Waals surface area contributed by atoms with E-state index in [9.17, 15) is 13.2 Å². The van der Waals surface area contributed by atoms with Crippen LogP contribution in [-0.2, 0) is 22.8 Å². The van der Waals surface area contributed by atoms with Crippen molar-refractivity contribution in [2.24, 2.45) is 0 Å². The zero-order valence-electron chi connectivity index (χ0n) is 15.1. The summed E-state index contributed by atoms with van der Waals surface area (Å²) in [7, 11) is -3.43. The highest BCUT2D eigenvalue weighted by Gasteiger charge is 2.15. The van der Waals surface area contributed by atoms with Gasteiger partial charge in [-0.15, -0.1) is 0 Å². The van der Waals surface area contributed by atoms with Gasteiger partial charge in [-0.05, 0) is 48.0 Å². The molecule has 2 heterocycles. The van der Waals surface area contributed by atoms with Gasteiger partial charge in [-0.1, -0.05) is 12.1 Å². The minimum Gasteiger partial charge on any atom is -0.334 e. The van der Waals surface area contributed by atoms with Crippen LogP contribution in [-0.4, -0.2) is 30.2 Å². The highest BCUT2D eigenvalue weighted by molar-refractivity contribution is 7.91. The number of hydrogen-bond acceptors (Lipinski definition) is 5. The molecule has 0 saturated heterocycles. The van der Waals surface area contributed by atoms with Crippen LogP contribution >= 0.6 is 0 Å². The average Bonchev–Trinajstić information content (AvgIpc) is 2.73. The zero-order chi connectivity index (χ0) is 19.8. The van der Waals surface area contributed by atoms with Gasteiger partial charge < -0.3 is 10.6 Å². The van der Waals surface area contributed by atoms with Crippen LogP contribution in [0.15, 0.2) is 78.1 Å². The van der Waals surface area contributed by atoms with Gasteiger partial charge in [0.05, 0.1) is 10.6 Å². The van der Waals surface area contributed by atoms with Gasteiger partial charge >= 0.3 is 6.03 Å². The van der Waals surface area contributed by atoms with Gasteiger partial charge in [0.1, 0.15) is 0 Å². The van der Waals surface area contributed by atoms with Gasteiger partial charge in [0.25, 0.3) is 0 Å². The highest BCUT2D eigenvalue weighted by atomic mass is 32.2. The van der Waals surface area contributed by atoms with Crippen LogP contribution in [0.4, 0.5) is 10.5 Å². The number of hydrogen-bond donors (Lipinski definition) is 2. The molecule has 0 bridgehead atoms. The van der Waals surface area contributed by atoms with Crippen molar-refractivity contribution in [3.8, 4) is 0 Å². The van der Waals surface area contributed by atoms with Crippen molar-refractivity contribution in [3.63, 3.8) is 0 Å². The monoisotopic (exact) mass is 396 g/mol. The second kappa shape index (κ2) is 9.09. The van der Waals surface area contributed by atoms with E-state index in [1.165, 1.54) is 12.1 Å². The first-order valence-electron chi connectivity index (χ1n) is 8.69. The van der Waals surface area contributed by atoms with Gasteiger partial charge in [0.2, 0.25) is 0 Å². The van der Waals surface area contributed by atoms with Crippen LogP contribution in [0.25, 0.3) is 0 Å². The third-order valence-electron chi connectivity index (χ3n) is 4.00. The Morgan fingerprint density at radius 3 is 2.46 bits per heavy atom. The lowest BCUT2D eigenvalue weighted by Crippen LogP contribution is -2.28. The molecule has 3 aromatic rings. The summed E-state index contributed by atoms with van der Waals surface area (Å²) in [6, 6.07) is 14.8. The summed E-state index contributed by atoms with van der Waals surface area (Å²) in [5.41, 5.74) is 2.12. The number of nitrogens with zero attached hydrogens (tertiary/aromatic N) is 2. The van der Waals surface area contributed by atoms with Gasteiger partial charge in [-0.25, -0.2) is 13.2 Å². The fourth-order valence-corrected chi connectivity index (χ4v) is 3.77. The van der Waals surface area contributed by atoms with Gasteiger partial charge in [-0.2, -0.15) is 0 Å². The van der Waals surface area contributed by atoms with E-state index in [0.29, 0.717) is 18.7 Å².